The Balaban J connectivity index is 0.000000148. The van der Waals surface area contributed by atoms with E-state index in [1.165, 1.54) is 27.1 Å². The number of nitrogens with zero attached hydrogens (tertiary/aromatic N) is 3. The highest BCUT2D eigenvalue weighted by Gasteiger charge is 2.12. The van der Waals surface area contributed by atoms with Crippen LogP contribution in [-0.2, 0) is 0 Å². The fourth-order valence-corrected chi connectivity index (χ4v) is 6.29. The molecule has 0 unspecified atom stereocenters. The summed E-state index contributed by atoms with van der Waals surface area (Å²) in [6, 6.07) is 29.3. The molecule has 0 bridgehead atoms. The van der Waals surface area contributed by atoms with Gasteiger partial charge >= 0.3 is 0 Å². The van der Waals surface area contributed by atoms with Crippen LogP contribution < -0.4 is 0 Å². The monoisotopic (exact) mass is 523 g/mol. The van der Waals surface area contributed by atoms with E-state index in [1.807, 2.05) is 26.0 Å². The zero-order chi connectivity index (χ0) is 24.9. The lowest BCUT2D eigenvalue weighted by atomic mass is 10.1. The van der Waals surface area contributed by atoms with Crippen molar-refractivity contribution >= 4 is 34.0 Å². The molecule has 0 spiro atoms. The van der Waals surface area contributed by atoms with Gasteiger partial charge in [0.25, 0.3) is 0 Å². The standard InChI is InChI=1S/C16H13NS.C14H12N2S2/c1-12-17-15(13-8-4-2-5-9-13)16(18-12)14-10-6-3-7-11-14;1-9-7-17-13(15-9)11-3-5-12(6-4-11)14-16-10(2)8-18-14/h2-11H,1H3;3-8H,1-2H3. The summed E-state index contributed by atoms with van der Waals surface area (Å²) in [5.74, 6) is 0. The van der Waals surface area contributed by atoms with Crippen LogP contribution in [0.5, 0.6) is 0 Å². The van der Waals surface area contributed by atoms with Crippen LogP contribution in [0.2, 0.25) is 0 Å². The normalized spacial score (nSPS) is 10.6. The Morgan fingerprint density at radius 1 is 0.500 bits per heavy atom. The fourth-order valence-electron chi connectivity index (χ4n) is 3.73. The lowest BCUT2D eigenvalue weighted by Gasteiger charge is -2.02. The van der Waals surface area contributed by atoms with Gasteiger partial charge in [0.15, 0.2) is 0 Å². The van der Waals surface area contributed by atoms with Crippen molar-refractivity contribution in [1.82, 2.24) is 15.0 Å². The van der Waals surface area contributed by atoms with Gasteiger partial charge in [-0.3, -0.25) is 0 Å². The fraction of sp³-hybridized carbons (Fsp3) is 0.100. The van der Waals surface area contributed by atoms with Crippen molar-refractivity contribution in [2.45, 2.75) is 20.8 Å². The van der Waals surface area contributed by atoms with Gasteiger partial charge in [-0.1, -0.05) is 84.9 Å². The molecule has 3 aromatic heterocycles. The summed E-state index contributed by atoms with van der Waals surface area (Å²) >= 11 is 5.12. The second-order valence-electron chi connectivity index (χ2n) is 8.31. The van der Waals surface area contributed by atoms with Crippen LogP contribution in [0, 0.1) is 20.8 Å². The molecule has 0 radical (unpaired) electrons. The average Bonchev–Trinajstić information content (AvgIpc) is 3.65. The molecule has 6 heteroatoms. The van der Waals surface area contributed by atoms with E-state index in [4.69, 9.17) is 0 Å². The largest absolute Gasteiger partial charge is 0.241 e. The molecule has 0 saturated carbocycles. The lowest BCUT2D eigenvalue weighted by Crippen LogP contribution is -1.81. The molecule has 0 N–H and O–H groups in total. The Hall–Kier alpha value is -3.45. The number of benzene rings is 3. The summed E-state index contributed by atoms with van der Waals surface area (Å²) in [5, 5.41) is 7.41. The first-order chi connectivity index (χ1) is 17.6. The SMILES string of the molecule is Cc1csc(-c2ccc(-c3nc(C)cs3)cc2)n1.Cc1nc(-c2ccccc2)c(-c2ccccc2)s1. The van der Waals surface area contributed by atoms with Gasteiger partial charge in [-0.25, -0.2) is 15.0 Å². The van der Waals surface area contributed by atoms with Gasteiger partial charge in [0, 0.05) is 38.8 Å². The van der Waals surface area contributed by atoms with Crippen molar-refractivity contribution < 1.29 is 0 Å². The number of hydrogen-bond acceptors (Lipinski definition) is 6. The molecule has 0 atom stereocenters. The third-order valence-electron chi connectivity index (χ3n) is 5.43. The Morgan fingerprint density at radius 2 is 0.972 bits per heavy atom. The van der Waals surface area contributed by atoms with E-state index in [-0.39, 0.29) is 0 Å². The lowest BCUT2D eigenvalue weighted by molar-refractivity contribution is 1.26. The third-order valence-corrected chi connectivity index (χ3v) is 8.47. The van der Waals surface area contributed by atoms with Gasteiger partial charge in [0.05, 0.1) is 15.6 Å². The summed E-state index contributed by atoms with van der Waals surface area (Å²) in [6.07, 6.45) is 0. The molecule has 0 fully saturated rings. The number of rotatable bonds is 4. The number of thiazole rings is 3. The second-order valence-corrected chi connectivity index (χ2v) is 11.2. The van der Waals surface area contributed by atoms with Crippen LogP contribution in [-0.4, -0.2) is 15.0 Å². The minimum Gasteiger partial charge on any atom is -0.241 e. The molecule has 0 aliphatic heterocycles. The summed E-state index contributed by atoms with van der Waals surface area (Å²) in [7, 11) is 0. The van der Waals surface area contributed by atoms with Crippen LogP contribution in [0.3, 0.4) is 0 Å². The smallest absolute Gasteiger partial charge is 0.123 e. The van der Waals surface area contributed by atoms with Gasteiger partial charge in [-0.2, -0.15) is 0 Å². The summed E-state index contributed by atoms with van der Waals surface area (Å²) < 4.78 is 0. The van der Waals surface area contributed by atoms with E-state index < -0.39 is 0 Å². The van der Waals surface area contributed by atoms with Crippen molar-refractivity contribution in [3.05, 3.63) is 112 Å². The minimum absolute atomic E-state index is 1.08. The molecule has 0 amide bonds. The van der Waals surface area contributed by atoms with E-state index >= 15 is 0 Å². The molecule has 3 heterocycles. The van der Waals surface area contributed by atoms with Gasteiger partial charge in [-0.15, -0.1) is 34.0 Å². The number of hydrogen-bond donors (Lipinski definition) is 0. The minimum atomic E-state index is 1.08. The topological polar surface area (TPSA) is 38.7 Å². The quantitative estimate of drug-likeness (QED) is 0.231. The molecule has 3 aromatic carbocycles. The van der Waals surface area contributed by atoms with Crippen LogP contribution >= 0.6 is 34.0 Å². The maximum Gasteiger partial charge on any atom is 0.123 e. The van der Waals surface area contributed by atoms with Crippen molar-refractivity contribution in [2.75, 3.05) is 0 Å². The summed E-state index contributed by atoms with van der Waals surface area (Å²) in [5.41, 5.74) is 8.01. The summed E-state index contributed by atoms with van der Waals surface area (Å²) in [6.45, 7) is 6.10. The molecule has 6 rings (SSSR count). The Morgan fingerprint density at radius 3 is 1.42 bits per heavy atom. The zero-order valence-corrected chi connectivity index (χ0v) is 22.8. The maximum atomic E-state index is 4.68. The van der Waals surface area contributed by atoms with Crippen molar-refractivity contribution in [2.24, 2.45) is 0 Å². The molecular formula is C30H25N3S3. The van der Waals surface area contributed by atoms with Gasteiger partial charge < -0.3 is 0 Å². The van der Waals surface area contributed by atoms with Crippen LogP contribution in [0.15, 0.2) is 95.7 Å². The van der Waals surface area contributed by atoms with Crippen molar-refractivity contribution in [1.29, 1.82) is 0 Å². The first-order valence-corrected chi connectivity index (χ1v) is 14.2. The molecular weight excluding hydrogens is 499 g/mol. The van der Waals surface area contributed by atoms with Crippen molar-refractivity contribution in [3.63, 3.8) is 0 Å². The Labute approximate surface area is 223 Å². The average molecular weight is 524 g/mol. The van der Waals surface area contributed by atoms with Crippen LogP contribution in [0.25, 0.3) is 42.8 Å². The highest BCUT2D eigenvalue weighted by atomic mass is 32.1. The number of aromatic nitrogens is 3. The zero-order valence-electron chi connectivity index (χ0n) is 20.3. The van der Waals surface area contributed by atoms with Crippen LogP contribution in [0.1, 0.15) is 16.4 Å². The highest BCUT2D eigenvalue weighted by molar-refractivity contribution is 7.15. The molecule has 178 valence electrons. The predicted octanol–water partition coefficient (Wildman–Crippen LogP) is 9.34. The first-order valence-electron chi connectivity index (χ1n) is 11.6. The van der Waals surface area contributed by atoms with E-state index in [0.29, 0.717) is 0 Å². The van der Waals surface area contributed by atoms with E-state index in [9.17, 15) is 0 Å². The van der Waals surface area contributed by atoms with Gasteiger partial charge in [-0.05, 0) is 26.3 Å². The highest BCUT2D eigenvalue weighted by Crippen LogP contribution is 2.36. The number of aryl methyl sites for hydroxylation is 3. The molecule has 0 aliphatic carbocycles. The molecule has 3 nitrogen and oxygen atoms in total. The third kappa shape index (κ3) is 5.68. The maximum absolute atomic E-state index is 4.68. The Bertz CT molecular complexity index is 1430. The van der Waals surface area contributed by atoms with Crippen molar-refractivity contribution in [3.8, 4) is 42.8 Å². The first kappa shape index (κ1) is 24.3. The predicted molar refractivity (Wildman–Crippen MR) is 156 cm³/mol. The van der Waals surface area contributed by atoms with Crippen LogP contribution in [0.4, 0.5) is 0 Å². The molecule has 0 saturated heterocycles. The van der Waals surface area contributed by atoms with Gasteiger partial charge in [0.1, 0.15) is 10.0 Å². The van der Waals surface area contributed by atoms with E-state index in [0.717, 1.165) is 32.1 Å². The molecule has 0 aliphatic rings. The molecule has 36 heavy (non-hydrogen) atoms. The molecule has 6 aromatic rings. The Kier molecular flexibility index (Phi) is 7.47. The van der Waals surface area contributed by atoms with Gasteiger partial charge in [0.2, 0.25) is 0 Å². The van der Waals surface area contributed by atoms with E-state index in [1.54, 1.807) is 34.0 Å². The second kappa shape index (κ2) is 11.1. The summed E-state index contributed by atoms with van der Waals surface area (Å²) in [4.78, 5) is 14.9. The van der Waals surface area contributed by atoms with E-state index in [2.05, 4.69) is 105 Å².